The first-order valence-corrected chi connectivity index (χ1v) is 9.26. The predicted molar refractivity (Wildman–Crippen MR) is 102 cm³/mol. The van der Waals surface area contributed by atoms with Crippen LogP contribution in [0.2, 0.25) is 0 Å². The summed E-state index contributed by atoms with van der Waals surface area (Å²) in [7, 11) is -1.99. The Kier molecular flexibility index (Phi) is 6.71. The molecule has 2 rings (SSSR count). The first-order chi connectivity index (χ1) is 12.4. The summed E-state index contributed by atoms with van der Waals surface area (Å²) < 4.78 is 31.4. The number of nitrogens with one attached hydrogen (secondary N) is 2. The Bertz CT molecular complexity index is 886. The van der Waals surface area contributed by atoms with E-state index in [2.05, 4.69) is 16.6 Å². The molecular weight excluding hydrogens is 352 g/mol. The van der Waals surface area contributed by atoms with Crippen LogP contribution in [0.3, 0.4) is 0 Å². The maximum absolute atomic E-state index is 12.0. The van der Waals surface area contributed by atoms with Crippen LogP contribution < -0.4 is 14.8 Å². The van der Waals surface area contributed by atoms with Crippen molar-refractivity contribution in [3.63, 3.8) is 0 Å². The maximum Gasteiger partial charge on any atom is 0.248 e. The van der Waals surface area contributed by atoms with E-state index in [4.69, 9.17) is 4.74 Å². The van der Waals surface area contributed by atoms with Crippen LogP contribution in [0.1, 0.15) is 5.56 Å². The van der Waals surface area contributed by atoms with E-state index in [0.29, 0.717) is 5.69 Å². The summed E-state index contributed by atoms with van der Waals surface area (Å²) in [6.45, 7) is 3.61. The van der Waals surface area contributed by atoms with Gasteiger partial charge in [-0.25, -0.2) is 13.1 Å². The third-order valence-corrected chi connectivity index (χ3v) is 4.83. The number of rotatable bonds is 8. The summed E-state index contributed by atoms with van der Waals surface area (Å²) in [5.74, 6) is 0.422. The van der Waals surface area contributed by atoms with Gasteiger partial charge in [-0.3, -0.25) is 4.79 Å². The van der Waals surface area contributed by atoms with E-state index in [1.165, 1.54) is 36.4 Å². The number of sulfonamides is 1. The van der Waals surface area contributed by atoms with Crippen LogP contribution in [-0.4, -0.2) is 28.0 Å². The normalized spacial score (nSPS) is 11.3. The van der Waals surface area contributed by atoms with E-state index >= 15 is 0 Å². The first kappa shape index (κ1) is 19.4. The smallest absolute Gasteiger partial charge is 0.248 e. The van der Waals surface area contributed by atoms with Gasteiger partial charge in [0.25, 0.3) is 0 Å². The fourth-order valence-corrected chi connectivity index (χ4v) is 3.04. The zero-order chi connectivity index (χ0) is 19.0. The highest BCUT2D eigenvalue weighted by Crippen LogP contribution is 2.15. The Labute approximate surface area is 153 Å². The van der Waals surface area contributed by atoms with E-state index in [-0.39, 0.29) is 17.3 Å². The van der Waals surface area contributed by atoms with Gasteiger partial charge in [0.1, 0.15) is 5.75 Å². The van der Waals surface area contributed by atoms with Gasteiger partial charge in [0, 0.05) is 18.3 Å². The number of hydrogen-bond acceptors (Lipinski definition) is 4. The summed E-state index contributed by atoms with van der Waals surface area (Å²) in [5, 5.41) is 2.67. The molecule has 0 atom stereocenters. The number of carbonyl (C=O) groups excluding carboxylic acids is 1. The third-order valence-electron chi connectivity index (χ3n) is 3.39. The average molecular weight is 372 g/mol. The number of benzene rings is 2. The van der Waals surface area contributed by atoms with Crippen LogP contribution in [0.4, 0.5) is 5.69 Å². The van der Waals surface area contributed by atoms with Gasteiger partial charge in [-0.2, -0.15) is 0 Å². The van der Waals surface area contributed by atoms with Crippen molar-refractivity contribution in [2.75, 3.05) is 19.0 Å². The molecule has 0 bridgehead atoms. The molecule has 0 saturated carbocycles. The molecule has 7 heteroatoms. The number of ether oxygens (including phenoxy) is 1. The largest absolute Gasteiger partial charge is 0.497 e. The zero-order valence-corrected chi connectivity index (χ0v) is 15.1. The highest BCUT2D eigenvalue weighted by Gasteiger charge is 2.12. The van der Waals surface area contributed by atoms with Crippen LogP contribution in [0, 0.1) is 0 Å². The molecular formula is C19H20N2O4S. The molecule has 26 heavy (non-hydrogen) atoms. The highest BCUT2D eigenvalue weighted by atomic mass is 32.2. The SMILES string of the molecule is C=CCNS(=O)(=O)c1ccc(NC(=O)/C=C/c2ccc(OC)cc2)cc1. The predicted octanol–water partition coefficient (Wildman–Crippen LogP) is 2.81. The Morgan fingerprint density at radius 1 is 1.12 bits per heavy atom. The highest BCUT2D eigenvalue weighted by molar-refractivity contribution is 7.89. The molecule has 0 aliphatic heterocycles. The van der Waals surface area contributed by atoms with Crippen LogP contribution in [0.15, 0.2) is 72.2 Å². The summed E-state index contributed by atoms with van der Waals surface area (Å²) >= 11 is 0. The van der Waals surface area contributed by atoms with Crippen molar-refractivity contribution < 1.29 is 17.9 Å². The van der Waals surface area contributed by atoms with Crippen molar-refractivity contribution in [1.82, 2.24) is 4.72 Å². The maximum atomic E-state index is 12.0. The lowest BCUT2D eigenvalue weighted by Gasteiger charge is -2.06. The molecule has 2 aromatic carbocycles. The summed E-state index contributed by atoms with van der Waals surface area (Å²) in [5.41, 5.74) is 1.35. The molecule has 0 heterocycles. The van der Waals surface area contributed by atoms with Crippen molar-refractivity contribution in [3.8, 4) is 5.75 Å². The Balaban J connectivity index is 1.98. The van der Waals surface area contributed by atoms with Gasteiger partial charge >= 0.3 is 0 Å². The number of methoxy groups -OCH3 is 1. The molecule has 0 aromatic heterocycles. The molecule has 136 valence electrons. The second-order valence-electron chi connectivity index (χ2n) is 5.26. The molecule has 0 aliphatic carbocycles. The Morgan fingerprint density at radius 3 is 2.35 bits per heavy atom. The van der Waals surface area contributed by atoms with Gasteiger partial charge < -0.3 is 10.1 Å². The van der Waals surface area contributed by atoms with Crippen molar-refractivity contribution in [3.05, 3.63) is 72.8 Å². The van der Waals surface area contributed by atoms with Gasteiger partial charge in [0.15, 0.2) is 0 Å². The number of carbonyl (C=O) groups is 1. The van der Waals surface area contributed by atoms with Crippen LogP contribution in [0.25, 0.3) is 6.08 Å². The number of hydrogen-bond donors (Lipinski definition) is 2. The first-order valence-electron chi connectivity index (χ1n) is 7.78. The number of anilines is 1. The van der Waals surface area contributed by atoms with Crippen molar-refractivity contribution in [1.29, 1.82) is 0 Å². The molecule has 0 aliphatic rings. The second kappa shape index (κ2) is 8.98. The van der Waals surface area contributed by atoms with Crippen molar-refractivity contribution in [2.24, 2.45) is 0 Å². The van der Waals surface area contributed by atoms with Gasteiger partial charge in [-0.1, -0.05) is 18.2 Å². The van der Waals surface area contributed by atoms with Crippen LogP contribution in [-0.2, 0) is 14.8 Å². The van der Waals surface area contributed by atoms with E-state index < -0.39 is 10.0 Å². The van der Waals surface area contributed by atoms with Crippen LogP contribution >= 0.6 is 0 Å². The third kappa shape index (κ3) is 5.58. The summed E-state index contributed by atoms with van der Waals surface area (Å²) in [6, 6.07) is 13.2. The number of amides is 1. The summed E-state index contributed by atoms with van der Waals surface area (Å²) in [4.78, 5) is 12.1. The van der Waals surface area contributed by atoms with Crippen LogP contribution in [0.5, 0.6) is 5.75 Å². The molecule has 2 aromatic rings. The molecule has 2 N–H and O–H groups in total. The molecule has 0 fully saturated rings. The average Bonchev–Trinajstić information content (AvgIpc) is 2.65. The Morgan fingerprint density at radius 2 is 1.77 bits per heavy atom. The van der Waals surface area contributed by atoms with E-state index in [9.17, 15) is 13.2 Å². The van der Waals surface area contributed by atoms with Gasteiger partial charge in [-0.15, -0.1) is 6.58 Å². The quantitative estimate of drug-likeness (QED) is 0.551. The molecule has 0 radical (unpaired) electrons. The summed E-state index contributed by atoms with van der Waals surface area (Å²) in [6.07, 6.45) is 4.53. The van der Waals surface area contributed by atoms with Gasteiger partial charge in [0.05, 0.1) is 12.0 Å². The monoisotopic (exact) mass is 372 g/mol. The minimum Gasteiger partial charge on any atom is -0.497 e. The topological polar surface area (TPSA) is 84.5 Å². The second-order valence-corrected chi connectivity index (χ2v) is 7.03. The lowest BCUT2D eigenvalue weighted by Crippen LogP contribution is -2.23. The minimum absolute atomic E-state index is 0.117. The van der Waals surface area contributed by atoms with Gasteiger partial charge in [0.2, 0.25) is 15.9 Å². The van der Waals surface area contributed by atoms with E-state index in [1.54, 1.807) is 25.3 Å². The lowest BCUT2D eigenvalue weighted by atomic mass is 10.2. The molecule has 0 unspecified atom stereocenters. The standard InChI is InChI=1S/C19H20N2O4S/c1-3-14-20-26(23,24)18-11-7-16(8-12-18)21-19(22)13-6-15-4-9-17(25-2)10-5-15/h3-13,20H,1,14H2,2H3,(H,21,22)/b13-6+. The van der Waals surface area contributed by atoms with Crippen molar-refractivity contribution in [2.45, 2.75) is 4.90 Å². The minimum atomic E-state index is -3.58. The van der Waals surface area contributed by atoms with E-state index in [0.717, 1.165) is 11.3 Å². The van der Waals surface area contributed by atoms with Gasteiger partial charge in [-0.05, 0) is 48.0 Å². The molecule has 0 saturated heterocycles. The zero-order valence-electron chi connectivity index (χ0n) is 14.3. The lowest BCUT2D eigenvalue weighted by molar-refractivity contribution is -0.111. The van der Waals surface area contributed by atoms with Crippen molar-refractivity contribution >= 4 is 27.7 Å². The molecule has 0 spiro atoms. The fraction of sp³-hybridized carbons (Fsp3) is 0.105. The Hall–Kier alpha value is -2.90. The molecule has 1 amide bonds. The molecule has 6 nitrogen and oxygen atoms in total. The van der Waals surface area contributed by atoms with E-state index in [1.807, 2.05) is 12.1 Å². The fourth-order valence-electron chi connectivity index (χ4n) is 2.04.